The monoisotopic (exact) mass is 241 g/mol. The molecule has 0 saturated carbocycles. The van der Waals surface area contributed by atoms with E-state index in [-0.39, 0.29) is 17.4 Å². The summed E-state index contributed by atoms with van der Waals surface area (Å²) >= 11 is -0.111. The van der Waals surface area contributed by atoms with Crippen molar-refractivity contribution in [2.45, 2.75) is 50.0 Å². The SMILES string of the molecule is CCCC[CH2][GaH][CH2]CN(CC)CC. The molecule has 0 saturated heterocycles. The van der Waals surface area contributed by atoms with E-state index in [1.807, 2.05) is 0 Å². The van der Waals surface area contributed by atoms with Crippen LogP contribution in [-0.2, 0) is 0 Å². The Morgan fingerprint density at radius 1 is 0.923 bits per heavy atom. The average molecular weight is 242 g/mol. The Kier molecular flexibility index (Phi) is 11.2. The van der Waals surface area contributed by atoms with Crippen molar-refractivity contribution in [2.75, 3.05) is 19.6 Å². The maximum absolute atomic E-state index is 2.56. The first-order valence-electron chi connectivity index (χ1n) is 6.07. The molecular formula is C11H26GaN. The Morgan fingerprint density at radius 2 is 1.62 bits per heavy atom. The van der Waals surface area contributed by atoms with Crippen LogP contribution in [-0.4, -0.2) is 41.9 Å². The fourth-order valence-corrected chi connectivity index (χ4v) is 5.29. The molecule has 0 aromatic heterocycles. The number of unbranched alkanes of at least 4 members (excludes halogenated alkanes) is 2. The number of rotatable bonds is 9. The van der Waals surface area contributed by atoms with E-state index in [0.29, 0.717) is 0 Å². The summed E-state index contributed by atoms with van der Waals surface area (Å²) in [5.41, 5.74) is 0. The molecule has 0 heterocycles. The van der Waals surface area contributed by atoms with E-state index in [2.05, 4.69) is 25.7 Å². The average Bonchev–Trinajstić information content (AvgIpc) is 2.17. The van der Waals surface area contributed by atoms with Gasteiger partial charge in [0.25, 0.3) is 0 Å². The zero-order chi connectivity index (χ0) is 9.94. The van der Waals surface area contributed by atoms with Gasteiger partial charge >= 0.3 is 91.9 Å². The molecule has 1 nitrogen and oxygen atoms in total. The first-order valence-corrected chi connectivity index (χ1v) is 10.3. The second-order valence-electron chi connectivity index (χ2n) is 3.79. The number of nitrogens with zero attached hydrogens (tertiary/aromatic N) is 1. The molecule has 0 spiro atoms. The quantitative estimate of drug-likeness (QED) is 0.444. The standard InChI is InChI=1S/C6H14N.C5H11.Ga.H/c1-4-7(5-2)6-3;1-3-5-4-2;;/h1,4-6H2,2-3H3;1,3-5H2,2H3;;. The Morgan fingerprint density at radius 3 is 2.15 bits per heavy atom. The fraction of sp³-hybridized carbons (Fsp3) is 1.00. The predicted octanol–water partition coefficient (Wildman–Crippen LogP) is 2.79. The van der Waals surface area contributed by atoms with E-state index in [9.17, 15) is 0 Å². The van der Waals surface area contributed by atoms with E-state index in [0.717, 1.165) is 0 Å². The summed E-state index contributed by atoms with van der Waals surface area (Å²) in [5, 5.41) is 0. The normalized spacial score (nSPS) is 10.8. The van der Waals surface area contributed by atoms with Crippen molar-refractivity contribution in [3.63, 3.8) is 0 Å². The van der Waals surface area contributed by atoms with Gasteiger partial charge in [0.2, 0.25) is 0 Å². The Labute approximate surface area is 92.1 Å². The van der Waals surface area contributed by atoms with Gasteiger partial charge in [-0.2, -0.15) is 0 Å². The van der Waals surface area contributed by atoms with Crippen LogP contribution in [0.3, 0.4) is 0 Å². The van der Waals surface area contributed by atoms with E-state index in [4.69, 9.17) is 0 Å². The zero-order valence-corrected chi connectivity index (χ0v) is 12.8. The third kappa shape index (κ3) is 8.91. The van der Waals surface area contributed by atoms with Crippen LogP contribution in [0, 0.1) is 0 Å². The van der Waals surface area contributed by atoms with E-state index >= 15 is 0 Å². The van der Waals surface area contributed by atoms with Gasteiger partial charge in [0.1, 0.15) is 0 Å². The molecule has 2 heteroatoms. The summed E-state index contributed by atoms with van der Waals surface area (Å²) in [5.74, 6) is 0. The van der Waals surface area contributed by atoms with Crippen LogP contribution in [0.2, 0.25) is 9.95 Å². The molecule has 0 radical (unpaired) electrons. The summed E-state index contributed by atoms with van der Waals surface area (Å²) in [6.45, 7) is 10.7. The van der Waals surface area contributed by atoms with E-state index in [1.165, 1.54) is 38.9 Å². The van der Waals surface area contributed by atoms with Crippen molar-refractivity contribution >= 4 is 17.4 Å². The zero-order valence-electron chi connectivity index (χ0n) is 9.81. The second-order valence-corrected chi connectivity index (χ2v) is 8.25. The second kappa shape index (κ2) is 10.7. The van der Waals surface area contributed by atoms with Crippen LogP contribution in [0.4, 0.5) is 0 Å². The van der Waals surface area contributed by atoms with Crippen molar-refractivity contribution < 1.29 is 0 Å². The minimum atomic E-state index is -0.111. The summed E-state index contributed by atoms with van der Waals surface area (Å²) in [7, 11) is 0. The van der Waals surface area contributed by atoms with Gasteiger partial charge in [-0.1, -0.05) is 0 Å². The molecule has 13 heavy (non-hydrogen) atoms. The first-order chi connectivity index (χ1) is 6.35. The summed E-state index contributed by atoms with van der Waals surface area (Å²) < 4.78 is 0. The van der Waals surface area contributed by atoms with Crippen molar-refractivity contribution in [2.24, 2.45) is 0 Å². The topological polar surface area (TPSA) is 3.24 Å². The molecule has 0 aliphatic carbocycles. The molecule has 0 atom stereocenters. The van der Waals surface area contributed by atoms with E-state index in [1.54, 1.807) is 9.95 Å². The van der Waals surface area contributed by atoms with Crippen LogP contribution >= 0.6 is 0 Å². The van der Waals surface area contributed by atoms with Gasteiger partial charge in [-0.05, 0) is 0 Å². The summed E-state index contributed by atoms with van der Waals surface area (Å²) in [6.07, 6.45) is 4.38. The molecule has 0 aromatic rings. The van der Waals surface area contributed by atoms with Crippen LogP contribution in [0.15, 0.2) is 0 Å². The fourth-order valence-electron chi connectivity index (χ4n) is 1.66. The van der Waals surface area contributed by atoms with Crippen molar-refractivity contribution in [1.29, 1.82) is 0 Å². The molecule has 78 valence electrons. The maximum atomic E-state index is 2.56. The van der Waals surface area contributed by atoms with E-state index < -0.39 is 0 Å². The number of hydrogen-bond donors (Lipinski definition) is 0. The Balaban J connectivity index is 3.05. The molecule has 0 amide bonds. The molecule has 0 N–H and O–H groups in total. The summed E-state index contributed by atoms with van der Waals surface area (Å²) in [4.78, 5) is 5.77. The van der Waals surface area contributed by atoms with Crippen molar-refractivity contribution in [3.8, 4) is 0 Å². The Bertz CT molecular complexity index is 92.1. The molecule has 0 unspecified atom stereocenters. The molecule has 0 bridgehead atoms. The van der Waals surface area contributed by atoms with Gasteiger partial charge in [0, 0.05) is 0 Å². The van der Waals surface area contributed by atoms with Crippen molar-refractivity contribution in [1.82, 2.24) is 4.90 Å². The minimum absolute atomic E-state index is 0.111. The summed E-state index contributed by atoms with van der Waals surface area (Å²) in [6, 6.07) is 0. The van der Waals surface area contributed by atoms with Gasteiger partial charge in [0.05, 0.1) is 0 Å². The molecule has 0 aliphatic rings. The van der Waals surface area contributed by atoms with Crippen molar-refractivity contribution in [3.05, 3.63) is 0 Å². The first kappa shape index (κ1) is 13.6. The molecule has 0 aromatic carbocycles. The number of hydrogen-bond acceptors (Lipinski definition) is 1. The molecule has 0 fully saturated rings. The van der Waals surface area contributed by atoms with Crippen LogP contribution in [0.1, 0.15) is 40.0 Å². The Hall–Kier alpha value is 0.596. The third-order valence-corrected chi connectivity index (χ3v) is 6.53. The van der Waals surface area contributed by atoms with Gasteiger partial charge < -0.3 is 0 Å². The van der Waals surface area contributed by atoms with Crippen LogP contribution < -0.4 is 0 Å². The predicted molar refractivity (Wildman–Crippen MR) is 64.1 cm³/mol. The van der Waals surface area contributed by atoms with Gasteiger partial charge in [-0.25, -0.2) is 0 Å². The van der Waals surface area contributed by atoms with Gasteiger partial charge in [-0.15, -0.1) is 0 Å². The third-order valence-electron chi connectivity index (χ3n) is 2.72. The molecule has 0 rings (SSSR count). The molecular weight excluding hydrogens is 216 g/mol. The van der Waals surface area contributed by atoms with Crippen LogP contribution in [0.5, 0.6) is 0 Å². The van der Waals surface area contributed by atoms with Gasteiger partial charge in [-0.3, -0.25) is 0 Å². The van der Waals surface area contributed by atoms with Crippen LogP contribution in [0.25, 0.3) is 0 Å². The van der Waals surface area contributed by atoms with Gasteiger partial charge in [0.15, 0.2) is 0 Å². The molecule has 0 aliphatic heterocycles.